The van der Waals surface area contributed by atoms with Crippen LogP contribution in [0, 0.1) is 0 Å². The first-order valence-electron chi connectivity index (χ1n) is 10.7. The fraction of sp³-hybridized carbons (Fsp3) is 0.231. The molecule has 1 amide bonds. The van der Waals surface area contributed by atoms with Gasteiger partial charge in [-0.2, -0.15) is 5.10 Å². The number of carbonyl (C=O) groups excluding carboxylic acids is 1. The Balaban J connectivity index is 1.30. The highest BCUT2D eigenvalue weighted by Gasteiger charge is 2.30. The van der Waals surface area contributed by atoms with E-state index in [1.807, 2.05) is 47.4 Å². The number of fused-ring (bicyclic) bond motifs is 1. The number of likely N-dealkylation sites (tertiary alicyclic amines) is 1. The average molecular weight is 396 g/mol. The van der Waals surface area contributed by atoms with E-state index < -0.39 is 0 Å². The molecule has 0 radical (unpaired) electrons. The zero-order valence-electron chi connectivity index (χ0n) is 16.9. The van der Waals surface area contributed by atoms with Crippen molar-refractivity contribution in [3.05, 3.63) is 96.3 Å². The van der Waals surface area contributed by atoms with Crippen LogP contribution in [0.3, 0.4) is 0 Å². The standard InChI is InChI=1S/C26H25N3O/c30-26(16-15-20-18-27-29(19-20)22-10-2-1-3-11-22)28-17-7-14-25(28)24-13-6-9-21-8-4-5-12-23(21)24/h1-6,8-13,18-19,25H,7,14-17H2. The molecule has 0 bridgehead atoms. The lowest BCUT2D eigenvalue weighted by Gasteiger charge is -2.26. The Morgan fingerprint density at radius 3 is 2.67 bits per heavy atom. The van der Waals surface area contributed by atoms with Gasteiger partial charge in [0.15, 0.2) is 0 Å². The van der Waals surface area contributed by atoms with Gasteiger partial charge in [0.1, 0.15) is 0 Å². The van der Waals surface area contributed by atoms with Gasteiger partial charge in [0, 0.05) is 19.2 Å². The number of aryl methyl sites for hydroxylation is 1. The lowest BCUT2D eigenvalue weighted by atomic mass is 9.97. The fourth-order valence-corrected chi connectivity index (χ4v) is 4.54. The molecule has 1 aromatic heterocycles. The summed E-state index contributed by atoms with van der Waals surface area (Å²) in [5, 5.41) is 6.95. The van der Waals surface area contributed by atoms with Crippen LogP contribution in [0.4, 0.5) is 0 Å². The van der Waals surface area contributed by atoms with Crippen LogP contribution in [-0.4, -0.2) is 27.1 Å². The number of hydrogen-bond donors (Lipinski definition) is 0. The molecule has 4 nitrogen and oxygen atoms in total. The monoisotopic (exact) mass is 395 g/mol. The van der Waals surface area contributed by atoms with Gasteiger partial charge >= 0.3 is 0 Å². The second-order valence-electron chi connectivity index (χ2n) is 7.94. The van der Waals surface area contributed by atoms with Gasteiger partial charge in [-0.05, 0) is 53.3 Å². The molecule has 1 atom stereocenters. The largest absolute Gasteiger partial charge is 0.336 e. The maximum Gasteiger partial charge on any atom is 0.223 e. The van der Waals surface area contributed by atoms with E-state index in [4.69, 9.17) is 0 Å². The SMILES string of the molecule is O=C(CCc1cnn(-c2ccccc2)c1)N1CCCC1c1cccc2ccccc12. The summed E-state index contributed by atoms with van der Waals surface area (Å²) in [5.41, 5.74) is 3.40. The molecule has 4 aromatic rings. The molecule has 5 rings (SSSR count). The van der Waals surface area contributed by atoms with Gasteiger partial charge in [-0.15, -0.1) is 0 Å². The highest BCUT2D eigenvalue weighted by atomic mass is 16.2. The summed E-state index contributed by atoms with van der Waals surface area (Å²) in [4.78, 5) is 15.2. The fourth-order valence-electron chi connectivity index (χ4n) is 4.54. The minimum absolute atomic E-state index is 0.177. The average Bonchev–Trinajstić information content (AvgIpc) is 3.48. The molecule has 3 aromatic carbocycles. The third-order valence-corrected chi connectivity index (χ3v) is 6.04. The van der Waals surface area contributed by atoms with Crippen LogP contribution in [0.2, 0.25) is 0 Å². The normalized spacial score (nSPS) is 16.3. The van der Waals surface area contributed by atoms with Gasteiger partial charge < -0.3 is 4.90 Å². The van der Waals surface area contributed by atoms with E-state index in [-0.39, 0.29) is 11.9 Å². The highest BCUT2D eigenvalue weighted by Crippen LogP contribution is 2.36. The second-order valence-corrected chi connectivity index (χ2v) is 7.94. The molecule has 2 heterocycles. The van der Waals surface area contributed by atoms with E-state index in [2.05, 4.69) is 52.5 Å². The Kier molecular flexibility index (Phi) is 5.06. The van der Waals surface area contributed by atoms with Crippen LogP contribution in [0.5, 0.6) is 0 Å². The third kappa shape index (κ3) is 3.61. The molecule has 0 N–H and O–H groups in total. The van der Waals surface area contributed by atoms with E-state index in [1.54, 1.807) is 0 Å². The summed E-state index contributed by atoms with van der Waals surface area (Å²) < 4.78 is 1.87. The van der Waals surface area contributed by atoms with E-state index >= 15 is 0 Å². The molecule has 0 saturated carbocycles. The smallest absolute Gasteiger partial charge is 0.223 e. The molecule has 1 fully saturated rings. The highest BCUT2D eigenvalue weighted by molar-refractivity contribution is 5.87. The van der Waals surface area contributed by atoms with Gasteiger partial charge in [0.05, 0.1) is 17.9 Å². The Bertz CT molecular complexity index is 1160. The predicted octanol–water partition coefficient (Wildman–Crippen LogP) is 5.32. The van der Waals surface area contributed by atoms with Crippen molar-refractivity contribution >= 4 is 16.7 Å². The summed E-state index contributed by atoms with van der Waals surface area (Å²) in [7, 11) is 0. The first-order chi connectivity index (χ1) is 14.8. The number of amides is 1. The Hall–Kier alpha value is -3.40. The summed E-state index contributed by atoms with van der Waals surface area (Å²) in [5.74, 6) is 0.234. The van der Waals surface area contributed by atoms with Crippen molar-refractivity contribution in [2.45, 2.75) is 31.7 Å². The number of aromatic nitrogens is 2. The summed E-state index contributed by atoms with van der Waals surface area (Å²) in [6.45, 7) is 0.843. The summed E-state index contributed by atoms with van der Waals surface area (Å²) >= 11 is 0. The lowest BCUT2D eigenvalue weighted by Crippen LogP contribution is -2.30. The van der Waals surface area contributed by atoms with E-state index in [1.165, 1.54) is 16.3 Å². The minimum atomic E-state index is 0.177. The van der Waals surface area contributed by atoms with Gasteiger partial charge in [0.25, 0.3) is 0 Å². The molecule has 1 aliphatic heterocycles. The number of rotatable bonds is 5. The Morgan fingerprint density at radius 1 is 0.967 bits per heavy atom. The maximum absolute atomic E-state index is 13.1. The Morgan fingerprint density at radius 2 is 1.77 bits per heavy atom. The van der Waals surface area contributed by atoms with Gasteiger partial charge in [0.2, 0.25) is 5.91 Å². The quantitative estimate of drug-likeness (QED) is 0.459. The van der Waals surface area contributed by atoms with Crippen molar-refractivity contribution in [3.8, 4) is 5.69 Å². The second kappa shape index (κ2) is 8.15. The van der Waals surface area contributed by atoms with Crippen LogP contribution in [-0.2, 0) is 11.2 Å². The summed E-state index contributed by atoms with van der Waals surface area (Å²) in [6, 6.07) is 25.1. The molecular weight excluding hydrogens is 370 g/mol. The van der Waals surface area contributed by atoms with Gasteiger partial charge in [-0.3, -0.25) is 4.79 Å². The first-order valence-corrected chi connectivity index (χ1v) is 10.7. The van der Waals surface area contributed by atoms with Gasteiger partial charge in [-0.1, -0.05) is 60.7 Å². The van der Waals surface area contributed by atoms with Crippen molar-refractivity contribution in [2.24, 2.45) is 0 Å². The molecule has 1 saturated heterocycles. The molecule has 30 heavy (non-hydrogen) atoms. The van der Waals surface area contributed by atoms with Crippen molar-refractivity contribution in [3.63, 3.8) is 0 Å². The number of para-hydroxylation sites is 1. The number of hydrogen-bond acceptors (Lipinski definition) is 2. The lowest BCUT2D eigenvalue weighted by molar-refractivity contribution is -0.132. The molecule has 1 aliphatic rings. The molecule has 150 valence electrons. The molecule has 1 unspecified atom stereocenters. The predicted molar refractivity (Wildman–Crippen MR) is 120 cm³/mol. The van der Waals surface area contributed by atoms with E-state index in [0.29, 0.717) is 12.8 Å². The van der Waals surface area contributed by atoms with Crippen LogP contribution >= 0.6 is 0 Å². The van der Waals surface area contributed by atoms with Gasteiger partial charge in [-0.25, -0.2) is 4.68 Å². The van der Waals surface area contributed by atoms with Crippen LogP contribution in [0.1, 0.15) is 36.4 Å². The summed E-state index contributed by atoms with van der Waals surface area (Å²) in [6.07, 6.45) is 7.21. The van der Waals surface area contributed by atoms with Crippen LogP contribution in [0.25, 0.3) is 16.5 Å². The van der Waals surface area contributed by atoms with Crippen molar-refractivity contribution in [1.82, 2.24) is 14.7 Å². The maximum atomic E-state index is 13.1. The van der Waals surface area contributed by atoms with Crippen LogP contribution < -0.4 is 0 Å². The zero-order chi connectivity index (χ0) is 20.3. The minimum Gasteiger partial charge on any atom is -0.336 e. The molecule has 0 aliphatic carbocycles. The van der Waals surface area contributed by atoms with E-state index in [0.717, 1.165) is 30.6 Å². The zero-order valence-corrected chi connectivity index (χ0v) is 16.9. The Labute approximate surface area is 176 Å². The topological polar surface area (TPSA) is 38.1 Å². The number of carbonyl (C=O) groups is 1. The van der Waals surface area contributed by atoms with Crippen molar-refractivity contribution in [2.75, 3.05) is 6.54 Å². The van der Waals surface area contributed by atoms with Crippen molar-refractivity contribution in [1.29, 1.82) is 0 Å². The van der Waals surface area contributed by atoms with Crippen molar-refractivity contribution < 1.29 is 4.79 Å². The molecule has 0 spiro atoms. The van der Waals surface area contributed by atoms with E-state index in [9.17, 15) is 4.79 Å². The first kappa shape index (κ1) is 18.6. The molecule has 4 heteroatoms. The molecular formula is C26H25N3O. The third-order valence-electron chi connectivity index (χ3n) is 6.04. The van der Waals surface area contributed by atoms with Crippen LogP contribution in [0.15, 0.2) is 85.2 Å². The number of nitrogens with zero attached hydrogens (tertiary/aromatic N) is 3. The number of benzene rings is 3.